The molecule has 0 amide bonds. The maximum atomic E-state index is 13.0. The first-order valence-corrected chi connectivity index (χ1v) is 38.8. The fraction of sp³-hybridized carbons (Fsp3) is 0.941. The summed E-state index contributed by atoms with van der Waals surface area (Å²) in [6.45, 7) is 4.90. The average molecular weight is 1280 g/mol. The summed E-state index contributed by atoms with van der Waals surface area (Å²) in [5.74, 6) is -2.12. The summed E-state index contributed by atoms with van der Waals surface area (Å²) < 4.78 is 68.1. The van der Waals surface area contributed by atoms with E-state index < -0.39 is 97.5 Å². The summed E-state index contributed by atoms with van der Waals surface area (Å²) in [4.78, 5) is 72.3. The van der Waals surface area contributed by atoms with Crippen LogP contribution in [-0.4, -0.2) is 96.7 Å². The van der Waals surface area contributed by atoms with E-state index in [-0.39, 0.29) is 25.7 Å². The molecule has 2 unspecified atom stereocenters. The molecule has 0 heterocycles. The van der Waals surface area contributed by atoms with Gasteiger partial charge in [0, 0.05) is 25.7 Å². The molecule has 0 saturated carbocycles. The normalized spacial score (nSPS) is 14.1. The number of phosphoric acid groups is 2. The van der Waals surface area contributed by atoms with E-state index >= 15 is 0 Å². The van der Waals surface area contributed by atoms with E-state index in [9.17, 15) is 43.2 Å². The molecule has 5 atom stereocenters. The van der Waals surface area contributed by atoms with Crippen molar-refractivity contribution < 1.29 is 80.2 Å². The zero-order valence-electron chi connectivity index (χ0n) is 56.0. The van der Waals surface area contributed by atoms with Crippen molar-refractivity contribution in [3.8, 4) is 0 Å². The predicted molar refractivity (Wildman–Crippen MR) is 349 cm³/mol. The highest BCUT2D eigenvalue weighted by molar-refractivity contribution is 7.47. The minimum atomic E-state index is -4.95. The first kappa shape index (κ1) is 85.1. The number of carbonyl (C=O) groups is 4. The summed E-state index contributed by atoms with van der Waals surface area (Å²) >= 11 is 0. The summed E-state index contributed by atoms with van der Waals surface area (Å²) in [7, 11) is -9.89. The van der Waals surface area contributed by atoms with Gasteiger partial charge in [-0.15, -0.1) is 0 Å². The molecule has 0 aliphatic heterocycles. The smallest absolute Gasteiger partial charge is 0.462 e. The van der Waals surface area contributed by atoms with Gasteiger partial charge >= 0.3 is 39.5 Å². The van der Waals surface area contributed by atoms with Gasteiger partial charge in [-0.3, -0.25) is 37.3 Å². The number of rotatable bonds is 69. The first-order valence-electron chi connectivity index (χ1n) is 35.8. The highest BCUT2D eigenvalue weighted by Gasteiger charge is 2.30. The number of unbranched alkanes of at least 4 members (excludes halogenated alkanes) is 43. The van der Waals surface area contributed by atoms with Crippen LogP contribution in [-0.2, 0) is 65.4 Å². The minimum Gasteiger partial charge on any atom is -0.462 e. The van der Waals surface area contributed by atoms with Crippen LogP contribution < -0.4 is 0 Å². The number of hydrogen-bond acceptors (Lipinski definition) is 15. The van der Waals surface area contributed by atoms with Crippen molar-refractivity contribution >= 4 is 39.5 Å². The average Bonchev–Trinajstić information content (AvgIpc) is 3.70. The second-order valence-corrected chi connectivity index (χ2v) is 27.5. The predicted octanol–water partition coefficient (Wildman–Crippen LogP) is 19.5. The molecule has 0 aromatic carbocycles. The van der Waals surface area contributed by atoms with Crippen molar-refractivity contribution in [2.45, 2.75) is 373 Å². The van der Waals surface area contributed by atoms with Gasteiger partial charge in [0.2, 0.25) is 0 Å². The van der Waals surface area contributed by atoms with Gasteiger partial charge in [-0.25, -0.2) is 9.13 Å². The molecule has 17 nitrogen and oxygen atoms in total. The Labute approximate surface area is 530 Å². The molecule has 0 radical (unpaired) electrons. The number of ether oxygens (including phenoxy) is 4. The standard InChI is InChI=1S/C68H132O17P2/c1-5-9-13-17-21-25-28-30-31-33-36-38-42-45-49-53-66(71)79-59-64(85-68(73)55-51-47-43-39-34-27-23-19-15-11-7-3)61-83-87(76,77)81-57-62(69)56-80-86(74,75)82-60-63(84-67(72)54-50-46-40-24-20-16-12-8-4)58-78-65(70)52-48-44-41-37-35-32-29-26-22-18-14-10-6-2/h62-64,69H,5-61H2,1-4H3,(H,74,75)(H,76,77)/t62-,63-,64-/m1/s1. The first-order chi connectivity index (χ1) is 42.2. The molecule has 516 valence electrons. The Morgan fingerprint density at radius 1 is 0.276 bits per heavy atom. The Morgan fingerprint density at radius 3 is 0.678 bits per heavy atom. The van der Waals surface area contributed by atoms with Gasteiger partial charge in [0.15, 0.2) is 12.2 Å². The molecular formula is C68H132O17P2. The molecule has 0 aliphatic carbocycles. The number of esters is 4. The number of aliphatic hydroxyl groups is 1. The SMILES string of the molecule is CCCCCCCCCCCCCCCCCC(=O)OC[C@H](COP(=O)(O)OC[C@H](O)COP(=O)(O)OC[C@@H](COC(=O)CCCCCCCCCCCCCCC)OC(=O)CCCCCCCCCC)OC(=O)CCCCCCCCCCCCC. The molecular weight excluding hydrogens is 1150 g/mol. The van der Waals surface area contributed by atoms with E-state index in [0.717, 1.165) is 96.3 Å². The fourth-order valence-electron chi connectivity index (χ4n) is 10.3. The third kappa shape index (κ3) is 62.6. The van der Waals surface area contributed by atoms with E-state index in [1.54, 1.807) is 0 Å². The maximum Gasteiger partial charge on any atom is 0.472 e. The Bertz CT molecular complexity index is 1670. The molecule has 0 rings (SSSR count). The van der Waals surface area contributed by atoms with Gasteiger partial charge in [-0.1, -0.05) is 304 Å². The molecule has 0 aromatic rings. The van der Waals surface area contributed by atoms with Gasteiger partial charge < -0.3 is 33.8 Å². The van der Waals surface area contributed by atoms with Crippen LogP contribution in [0.3, 0.4) is 0 Å². The van der Waals surface area contributed by atoms with Gasteiger partial charge in [0.05, 0.1) is 26.4 Å². The molecule has 0 spiro atoms. The Balaban J connectivity index is 5.18. The van der Waals surface area contributed by atoms with Crippen molar-refractivity contribution in [2.24, 2.45) is 0 Å². The second-order valence-electron chi connectivity index (χ2n) is 24.6. The van der Waals surface area contributed by atoms with E-state index in [0.29, 0.717) is 25.7 Å². The van der Waals surface area contributed by atoms with Crippen LogP contribution in [0.2, 0.25) is 0 Å². The highest BCUT2D eigenvalue weighted by atomic mass is 31.2. The summed E-state index contributed by atoms with van der Waals surface area (Å²) in [6, 6.07) is 0. The third-order valence-corrected chi connectivity index (χ3v) is 17.8. The van der Waals surface area contributed by atoms with Crippen LogP contribution in [0.25, 0.3) is 0 Å². The van der Waals surface area contributed by atoms with Crippen molar-refractivity contribution in [3.05, 3.63) is 0 Å². The summed E-state index contributed by atoms with van der Waals surface area (Å²) in [6.07, 6.45) is 49.9. The summed E-state index contributed by atoms with van der Waals surface area (Å²) in [5, 5.41) is 10.6. The molecule has 0 aromatic heterocycles. The zero-order chi connectivity index (χ0) is 64.0. The number of phosphoric ester groups is 2. The third-order valence-electron chi connectivity index (χ3n) is 15.9. The Hall–Kier alpha value is -1.94. The molecule has 3 N–H and O–H groups in total. The van der Waals surface area contributed by atoms with Crippen molar-refractivity contribution in [3.63, 3.8) is 0 Å². The van der Waals surface area contributed by atoms with Crippen molar-refractivity contribution in [2.75, 3.05) is 39.6 Å². The molecule has 0 saturated heterocycles. The van der Waals surface area contributed by atoms with Gasteiger partial charge in [-0.2, -0.15) is 0 Å². The van der Waals surface area contributed by atoms with E-state index in [1.165, 1.54) is 180 Å². The molecule has 0 fully saturated rings. The van der Waals surface area contributed by atoms with Gasteiger partial charge in [-0.05, 0) is 25.7 Å². The van der Waals surface area contributed by atoms with E-state index in [4.69, 9.17) is 37.0 Å². The number of carbonyl (C=O) groups excluding carboxylic acids is 4. The van der Waals surface area contributed by atoms with Gasteiger partial charge in [0.1, 0.15) is 19.3 Å². The molecule has 0 bridgehead atoms. The summed E-state index contributed by atoms with van der Waals surface area (Å²) in [5.41, 5.74) is 0. The Kier molecular flexibility index (Phi) is 61.4. The fourth-order valence-corrected chi connectivity index (χ4v) is 11.9. The van der Waals surface area contributed by atoms with E-state index in [2.05, 4.69) is 27.7 Å². The lowest BCUT2D eigenvalue weighted by Gasteiger charge is -2.21. The van der Waals surface area contributed by atoms with Crippen LogP contribution in [0.15, 0.2) is 0 Å². The van der Waals surface area contributed by atoms with Crippen molar-refractivity contribution in [1.29, 1.82) is 0 Å². The number of hydrogen-bond donors (Lipinski definition) is 3. The monoisotopic (exact) mass is 1280 g/mol. The minimum absolute atomic E-state index is 0.106. The highest BCUT2D eigenvalue weighted by Crippen LogP contribution is 2.45. The van der Waals surface area contributed by atoms with Gasteiger partial charge in [0.25, 0.3) is 0 Å². The molecule has 87 heavy (non-hydrogen) atoms. The maximum absolute atomic E-state index is 13.0. The Morgan fingerprint density at radius 2 is 0.460 bits per heavy atom. The lowest BCUT2D eigenvalue weighted by atomic mass is 10.0. The van der Waals surface area contributed by atoms with Crippen LogP contribution in [0, 0.1) is 0 Å². The topological polar surface area (TPSA) is 237 Å². The largest absolute Gasteiger partial charge is 0.472 e. The quantitative estimate of drug-likeness (QED) is 0.0222. The van der Waals surface area contributed by atoms with Crippen LogP contribution >= 0.6 is 15.6 Å². The lowest BCUT2D eigenvalue weighted by Crippen LogP contribution is -2.30. The van der Waals surface area contributed by atoms with Crippen LogP contribution in [0.4, 0.5) is 0 Å². The van der Waals surface area contributed by atoms with Crippen LogP contribution in [0.5, 0.6) is 0 Å². The molecule has 19 heteroatoms. The van der Waals surface area contributed by atoms with Crippen molar-refractivity contribution in [1.82, 2.24) is 0 Å². The molecule has 0 aliphatic rings. The lowest BCUT2D eigenvalue weighted by molar-refractivity contribution is -0.161. The van der Waals surface area contributed by atoms with Crippen LogP contribution in [0.1, 0.15) is 355 Å². The zero-order valence-corrected chi connectivity index (χ0v) is 57.8. The number of aliphatic hydroxyl groups excluding tert-OH is 1. The van der Waals surface area contributed by atoms with E-state index in [1.807, 2.05) is 0 Å². The second kappa shape index (κ2) is 62.8.